The summed E-state index contributed by atoms with van der Waals surface area (Å²) in [6.45, 7) is 48.9. The summed E-state index contributed by atoms with van der Waals surface area (Å²) in [7, 11) is 0.250. The molecule has 0 spiro atoms. The van der Waals surface area contributed by atoms with Crippen LogP contribution in [-0.2, 0) is 12.3 Å². The van der Waals surface area contributed by atoms with Crippen LogP contribution in [0.25, 0.3) is 0 Å². The van der Waals surface area contributed by atoms with Crippen molar-refractivity contribution in [3.63, 3.8) is 0 Å². The van der Waals surface area contributed by atoms with E-state index in [9.17, 15) is 0 Å². The SMILES string of the molecule is CC(C)(C)[P@]1Cc2ccccc2[C@H]1[C@@H]1c2ccccc2C[P@@]1C(C)(C)C.CC[C@H]1CC[C@H](CC)P1c1ccccc1P1[C@@H](CC)CC[C@@H]1CC.C[P@](CCP(C(C)(C)C)C(C)(C)C)C(C)(C)C. The largest absolute Gasteiger partial charge is 0.104 e. The molecule has 6 heteroatoms. The molecule has 0 unspecified atom stereocenters. The van der Waals surface area contributed by atoms with Crippen LogP contribution in [0.3, 0.4) is 0 Å². The molecule has 3 aromatic carbocycles. The van der Waals surface area contributed by atoms with Crippen LogP contribution < -0.4 is 10.6 Å². The van der Waals surface area contributed by atoms with Crippen LogP contribution in [0.5, 0.6) is 0 Å². The maximum absolute atomic E-state index is 2.55. The van der Waals surface area contributed by atoms with Gasteiger partial charge >= 0.3 is 0 Å². The minimum atomic E-state index is -0.0695. The Morgan fingerprint density at radius 1 is 0.433 bits per heavy atom. The molecule has 0 nitrogen and oxygen atoms in total. The van der Waals surface area contributed by atoms with Crippen LogP contribution in [0.4, 0.5) is 0 Å². The highest BCUT2D eigenvalue weighted by molar-refractivity contribution is 7.73. The van der Waals surface area contributed by atoms with E-state index in [2.05, 4.69) is 211 Å². The Morgan fingerprint density at radius 3 is 1.03 bits per heavy atom. The van der Waals surface area contributed by atoms with Crippen molar-refractivity contribution >= 4 is 58.1 Å². The molecule has 3 aromatic rings. The summed E-state index contributed by atoms with van der Waals surface area (Å²) in [5, 5.41) is 5.97. The fourth-order valence-electron chi connectivity index (χ4n) is 12.3. The molecule has 2 saturated heterocycles. The molecule has 4 heterocycles. The number of hydrogen-bond donors (Lipinski definition) is 0. The van der Waals surface area contributed by atoms with Crippen molar-refractivity contribution in [1.82, 2.24) is 0 Å². The van der Waals surface area contributed by atoms with Gasteiger partial charge in [-0.2, -0.15) is 0 Å². The molecule has 0 bridgehead atoms. The molecule has 376 valence electrons. The highest BCUT2D eigenvalue weighted by Gasteiger charge is 2.50. The molecule has 0 aromatic heterocycles. The molecule has 0 N–H and O–H groups in total. The van der Waals surface area contributed by atoms with Crippen LogP contribution in [0.1, 0.15) is 216 Å². The molecule has 0 saturated carbocycles. The summed E-state index contributed by atoms with van der Waals surface area (Å²) in [4.78, 5) is 0. The molecule has 9 atom stereocenters. The van der Waals surface area contributed by atoms with E-state index in [1.165, 1.54) is 76.0 Å². The average molecular weight is 1020 g/mol. The summed E-state index contributed by atoms with van der Waals surface area (Å²) >= 11 is 0. The standard InChI is InChI=1S/C24H32P2.C22H36P2.C15H34P2/c1-23(2,3)25-15-17-11-7-9-13-19(17)21(25)22-20-14-10-8-12-18(20)16-26(22)24(4,5)6;1-5-17-13-14-18(6-2)23(17)21-11-9-10-12-22(21)24-19(7-3)15-16-20(24)8-4;1-13(2,3)16(10)11-12-17(14(4,5)6)15(7,8)9/h7-14,21-22H,15-16H2,1-6H3;9-12,17-20H,5-8,13-16H2,1-4H3;11-12H2,1-10H3/t21-,22-,25+,26+;17-,18-,19-,20-;16-/m001/s1. The minimum absolute atomic E-state index is 0.0639. The Morgan fingerprint density at radius 2 is 0.746 bits per heavy atom. The summed E-state index contributed by atoms with van der Waals surface area (Å²) in [6, 6.07) is 28.5. The Balaban J connectivity index is 0.000000193. The zero-order chi connectivity index (χ0) is 49.9. The number of rotatable bonds is 10. The first-order chi connectivity index (χ1) is 31.2. The quantitative estimate of drug-likeness (QED) is 0.178. The predicted molar refractivity (Wildman–Crippen MR) is 322 cm³/mol. The van der Waals surface area contributed by atoms with Crippen LogP contribution in [0.2, 0.25) is 0 Å². The molecule has 0 amide bonds. The van der Waals surface area contributed by atoms with E-state index in [-0.39, 0.29) is 47.5 Å². The van der Waals surface area contributed by atoms with Gasteiger partial charge < -0.3 is 0 Å². The van der Waals surface area contributed by atoms with E-state index in [0.29, 0.717) is 25.8 Å². The van der Waals surface area contributed by atoms with Crippen molar-refractivity contribution in [2.75, 3.05) is 19.0 Å². The lowest BCUT2D eigenvalue weighted by Crippen LogP contribution is -2.30. The Labute approximate surface area is 424 Å². The van der Waals surface area contributed by atoms with Crippen LogP contribution in [-0.4, -0.2) is 67.4 Å². The van der Waals surface area contributed by atoms with Gasteiger partial charge in [-0.1, -0.05) is 244 Å². The predicted octanol–water partition coefficient (Wildman–Crippen LogP) is 20.6. The van der Waals surface area contributed by atoms with Crippen LogP contribution in [0.15, 0.2) is 72.8 Å². The van der Waals surface area contributed by atoms with Crippen molar-refractivity contribution in [3.05, 3.63) is 95.1 Å². The summed E-state index contributed by atoms with van der Waals surface area (Å²) in [5.74, 6) is 0. The second-order valence-corrected chi connectivity index (χ2v) is 44.7. The highest BCUT2D eigenvalue weighted by atomic mass is 31.1. The van der Waals surface area contributed by atoms with Crippen molar-refractivity contribution in [1.29, 1.82) is 0 Å². The lowest BCUT2D eigenvalue weighted by Gasteiger charge is -2.43. The lowest BCUT2D eigenvalue weighted by molar-refractivity contribution is 0.696. The van der Waals surface area contributed by atoms with E-state index in [1.54, 1.807) is 22.3 Å². The molecule has 0 radical (unpaired) electrons. The van der Waals surface area contributed by atoms with Gasteiger partial charge in [-0.25, -0.2) is 0 Å². The zero-order valence-electron chi connectivity index (χ0n) is 47.1. The normalized spacial score (nSPS) is 26.5. The van der Waals surface area contributed by atoms with E-state index in [0.717, 1.165) is 34.0 Å². The third-order valence-electron chi connectivity index (χ3n) is 16.1. The molecule has 0 aliphatic carbocycles. The summed E-state index contributed by atoms with van der Waals surface area (Å²) in [6.07, 6.45) is 17.0. The molecule has 2 fully saturated rings. The molecule has 67 heavy (non-hydrogen) atoms. The van der Waals surface area contributed by atoms with Gasteiger partial charge in [0, 0.05) is 11.3 Å². The second kappa shape index (κ2) is 24.1. The maximum atomic E-state index is 2.55. The molecule has 7 rings (SSSR count). The van der Waals surface area contributed by atoms with Crippen molar-refractivity contribution in [3.8, 4) is 0 Å². The highest BCUT2D eigenvalue weighted by Crippen LogP contribution is 2.81. The second-order valence-electron chi connectivity index (χ2n) is 25.7. The van der Waals surface area contributed by atoms with Gasteiger partial charge in [-0.15, -0.1) is 7.92 Å². The van der Waals surface area contributed by atoms with Crippen molar-refractivity contribution in [2.45, 2.75) is 255 Å². The number of hydrogen-bond acceptors (Lipinski definition) is 0. The molecule has 4 aliphatic heterocycles. The van der Waals surface area contributed by atoms with Gasteiger partial charge in [0.05, 0.1) is 0 Å². The molecular formula is C61H102P6. The topological polar surface area (TPSA) is 0 Å². The first-order valence-electron chi connectivity index (χ1n) is 27.0. The lowest BCUT2D eigenvalue weighted by atomic mass is 9.98. The van der Waals surface area contributed by atoms with E-state index < -0.39 is 0 Å². The van der Waals surface area contributed by atoms with E-state index in [1.807, 2.05) is 10.6 Å². The van der Waals surface area contributed by atoms with E-state index in [4.69, 9.17) is 0 Å². The summed E-state index contributed by atoms with van der Waals surface area (Å²) in [5.41, 5.74) is 12.0. The smallest absolute Gasteiger partial charge is 0.0161 e. The first kappa shape index (κ1) is 58.1. The zero-order valence-corrected chi connectivity index (χ0v) is 52.4. The Hall–Kier alpha value is 0.240. The monoisotopic (exact) mass is 1020 g/mol. The third kappa shape index (κ3) is 14.3. The van der Waals surface area contributed by atoms with E-state index >= 15 is 0 Å². The van der Waals surface area contributed by atoms with Crippen LogP contribution >= 0.6 is 47.5 Å². The Bertz CT molecular complexity index is 1830. The van der Waals surface area contributed by atoms with Gasteiger partial charge in [0.2, 0.25) is 0 Å². The maximum Gasteiger partial charge on any atom is 0.0161 e. The van der Waals surface area contributed by atoms with Gasteiger partial charge in [-0.05, 0) is 164 Å². The fourth-order valence-corrected chi connectivity index (χ4v) is 33.7. The van der Waals surface area contributed by atoms with Gasteiger partial charge in [0.15, 0.2) is 0 Å². The first-order valence-corrected chi connectivity index (χ1v) is 36.7. The van der Waals surface area contributed by atoms with Crippen molar-refractivity contribution in [2.24, 2.45) is 0 Å². The number of fused-ring (bicyclic) bond motifs is 2. The number of benzene rings is 3. The third-order valence-corrected chi connectivity index (χ3v) is 38.8. The Kier molecular flexibility index (Phi) is 20.9. The minimum Gasteiger partial charge on any atom is -0.104 e. The van der Waals surface area contributed by atoms with Gasteiger partial charge in [0.25, 0.3) is 0 Å². The summed E-state index contributed by atoms with van der Waals surface area (Å²) < 4.78 is 0. The molecule has 4 aliphatic rings. The average Bonchev–Trinajstić information content (AvgIpc) is 4.04. The van der Waals surface area contributed by atoms with Crippen molar-refractivity contribution < 1.29 is 0 Å². The van der Waals surface area contributed by atoms with Gasteiger partial charge in [0.1, 0.15) is 0 Å². The van der Waals surface area contributed by atoms with Crippen LogP contribution in [0, 0.1) is 0 Å². The fraction of sp³-hybridized carbons (Fsp3) is 0.705. The van der Waals surface area contributed by atoms with Gasteiger partial charge in [-0.3, -0.25) is 0 Å². The molecular weight excluding hydrogens is 919 g/mol.